The van der Waals surface area contributed by atoms with E-state index in [0.717, 1.165) is 12.1 Å². The number of carbonyl (C=O) groups excluding carboxylic acids is 2. The molecule has 2 saturated heterocycles. The van der Waals surface area contributed by atoms with Crippen molar-refractivity contribution >= 4 is 40.6 Å². The van der Waals surface area contributed by atoms with Crippen LogP contribution in [-0.2, 0) is 5.54 Å². The Hall–Kier alpha value is -2.09. The van der Waals surface area contributed by atoms with Gasteiger partial charge in [0.1, 0.15) is 0 Å². The van der Waals surface area contributed by atoms with Crippen LogP contribution in [0.2, 0.25) is 4.34 Å². The zero-order valence-corrected chi connectivity index (χ0v) is 20.1. The zero-order valence-electron chi connectivity index (χ0n) is 18.5. The number of amides is 3. The first kappa shape index (κ1) is 21.7. The number of halogens is 1. The Morgan fingerprint density at radius 1 is 1.16 bits per heavy atom. The number of thiophene rings is 1. The normalized spacial score (nSPS) is 24.4. The minimum atomic E-state index is -0.116. The van der Waals surface area contributed by atoms with Gasteiger partial charge in [-0.15, -0.1) is 11.3 Å². The van der Waals surface area contributed by atoms with Crippen LogP contribution in [-0.4, -0.2) is 61.0 Å². The second-order valence-corrected chi connectivity index (χ2v) is 11.0. The first-order valence-corrected chi connectivity index (χ1v) is 12.5. The van der Waals surface area contributed by atoms with Crippen molar-refractivity contribution in [2.45, 2.75) is 49.7 Å². The van der Waals surface area contributed by atoms with Crippen LogP contribution in [0.3, 0.4) is 0 Å². The van der Waals surface area contributed by atoms with Crippen molar-refractivity contribution in [1.82, 2.24) is 15.1 Å². The zero-order chi connectivity index (χ0) is 22.5. The lowest BCUT2D eigenvalue weighted by atomic mass is 9.87. The maximum atomic E-state index is 13.1. The fourth-order valence-electron chi connectivity index (χ4n) is 5.70. The maximum absolute atomic E-state index is 13.1. The highest BCUT2D eigenvalue weighted by Crippen LogP contribution is 2.43. The summed E-state index contributed by atoms with van der Waals surface area (Å²) in [6.07, 6.45) is 5.64. The molecule has 1 N–H and O–H groups in total. The first-order chi connectivity index (χ1) is 15.4. The molecule has 1 aliphatic carbocycles. The number of rotatable bonds is 5. The predicted octanol–water partition coefficient (Wildman–Crippen LogP) is 4.55. The van der Waals surface area contributed by atoms with Gasteiger partial charge in [-0.05, 0) is 63.2 Å². The van der Waals surface area contributed by atoms with E-state index in [9.17, 15) is 9.59 Å². The number of fused-ring (bicyclic) bond motifs is 1. The van der Waals surface area contributed by atoms with E-state index in [2.05, 4.69) is 48.6 Å². The molecule has 0 radical (unpaired) electrons. The van der Waals surface area contributed by atoms with Gasteiger partial charge < -0.3 is 10.2 Å². The number of nitrogens with one attached hydrogen (secondary N) is 1. The number of urea groups is 1. The van der Waals surface area contributed by atoms with Gasteiger partial charge in [0.2, 0.25) is 0 Å². The molecule has 0 unspecified atom stereocenters. The molecule has 0 bridgehead atoms. The molecule has 3 fully saturated rings. The Balaban J connectivity index is 1.30. The smallest absolute Gasteiger partial charge is 0.324 e. The van der Waals surface area contributed by atoms with Gasteiger partial charge in [0.25, 0.3) is 5.91 Å². The van der Waals surface area contributed by atoms with Crippen LogP contribution < -0.4 is 10.2 Å². The van der Waals surface area contributed by atoms with Crippen LogP contribution in [0.25, 0.3) is 0 Å². The van der Waals surface area contributed by atoms with Crippen molar-refractivity contribution in [1.29, 1.82) is 0 Å². The van der Waals surface area contributed by atoms with Crippen LogP contribution in [0.1, 0.15) is 47.3 Å². The SMILES string of the molecule is CN(C)C1(c2ccc(N3C[C@@H]4[C@H](NC(=O)c5ccc(Cl)s5)CCN4C3=O)cc2)CCCC1. The molecule has 32 heavy (non-hydrogen) atoms. The van der Waals surface area contributed by atoms with Crippen molar-refractivity contribution in [3.63, 3.8) is 0 Å². The topological polar surface area (TPSA) is 55.9 Å². The van der Waals surface area contributed by atoms with E-state index in [-0.39, 0.29) is 29.6 Å². The summed E-state index contributed by atoms with van der Waals surface area (Å²) in [7, 11) is 4.33. The first-order valence-electron chi connectivity index (χ1n) is 11.3. The third kappa shape index (κ3) is 3.60. The van der Waals surface area contributed by atoms with Crippen molar-refractivity contribution in [3.8, 4) is 0 Å². The molecule has 8 heteroatoms. The summed E-state index contributed by atoms with van der Waals surface area (Å²) >= 11 is 7.25. The van der Waals surface area contributed by atoms with E-state index in [1.54, 1.807) is 12.1 Å². The van der Waals surface area contributed by atoms with Gasteiger partial charge in [-0.3, -0.25) is 14.6 Å². The van der Waals surface area contributed by atoms with Crippen LogP contribution in [0.15, 0.2) is 36.4 Å². The van der Waals surface area contributed by atoms with Crippen LogP contribution in [0.5, 0.6) is 0 Å². The van der Waals surface area contributed by atoms with Crippen molar-refractivity contribution in [2.75, 3.05) is 32.1 Å². The van der Waals surface area contributed by atoms with E-state index in [1.807, 2.05) is 9.80 Å². The van der Waals surface area contributed by atoms with Gasteiger partial charge >= 0.3 is 6.03 Å². The second kappa shape index (κ2) is 8.36. The summed E-state index contributed by atoms with van der Waals surface area (Å²) in [5.74, 6) is -0.116. The largest absolute Gasteiger partial charge is 0.346 e. The third-order valence-corrected chi connectivity index (χ3v) is 8.74. The average molecular weight is 473 g/mol. The highest BCUT2D eigenvalue weighted by Gasteiger charge is 2.47. The molecule has 2 atom stereocenters. The van der Waals surface area contributed by atoms with Crippen molar-refractivity contribution in [3.05, 3.63) is 51.2 Å². The standard InChI is InChI=1S/C24H29ClN4O2S/c1-27(2)24(12-3-4-13-24)16-5-7-17(8-6-16)29-15-19-18(11-14-28(19)23(29)31)26-22(30)20-9-10-21(25)32-20/h5-10,18-19H,3-4,11-15H2,1-2H3,(H,26,30)/t18-,19-/m1/s1. The molecule has 1 aromatic carbocycles. The molecule has 3 heterocycles. The average Bonchev–Trinajstić information content (AvgIpc) is 3.55. The summed E-state index contributed by atoms with van der Waals surface area (Å²) in [6.45, 7) is 1.26. The highest BCUT2D eigenvalue weighted by atomic mass is 35.5. The van der Waals surface area contributed by atoms with Gasteiger partial charge in [-0.2, -0.15) is 0 Å². The van der Waals surface area contributed by atoms with E-state index >= 15 is 0 Å². The summed E-state index contributed by atoms with van der Waals surface area (Å²) in [5.41, 5.74) is 2.36. The number of anilines is 1. The quantitative estimate of drug-likeness (QED) is 0.694. The van der Waals surface area contributed by atoms with E-state index in [0.29, 0.717) is 22.3 Å². The molecule has 0 spiro atoms. The Labute approximate surface area is 198 Å². The van der Waals surface area contributed by atoms with E-state index in [1.165, 1.54) is 42.6 Å². The van der Waals surface area contributed by atoms with Crippen LogP contribution >= 0.6 is 22.9 Å². The number of hydrogen-bond donors (Lipinski definition) is 1. The maximum Gasteiger partial charge on any atom is 0.324 e. The van der Waals surface area contributed by atoms with E-state index < -0.39 is 0 Å². The number of nitrogens with zero attached hydrogens (tertiary/aromatic N) is 3. The summed E-state index contributed by atoms with van der Waals surface area (Å²) in [4.78, 5) is 32.4. The molecule has 2 aliphatic heterocycles. The Morgan fingerprint density at radius 2 is 1.88 bits per heavy atom. The molecule has 170 valence electrons. The van der Waals surface area contributed by atoms with Crippen molar-refractivity contribution < 1.29 is 9.59 Å². The molecular formula is C24H29ClN4O2S. The summed E-state index contributed by atoms with van der Waals surface area (Å²) in [6, 6.07) is 12.0. The fourth-order valence-corrected chi connectivity index (χ4v) is 6.65. The summed E-state index contributed by atoms with van der Waals surface area (Å²) < 4.78 is 0.600. The highest BCUT2D eigenvalue weighted by molar-refractivity contribution is 7.18. The second-order valence-electron chi connectivity index (χ2n) is 9.31. The van der Waals surface area contributed by atoms with Crippen LogP contribution in [0, 0.1) is 0 Å². The molecule has 1 aromatic heterocycles. The Kier molecular flexibility index (Phi) is 5.68. The molecule has 1 saturated carbocycles. The molecule has 3 aliphatic rings. The van der Waals surface area contributed by atoms with Crippen LogP contribution in [0.4, 0.5) is 10.5 Å². The van der Waals surface area contributed by atoms with Crippen molar-refractivity contribution in [2.24, 2.45) is 0 Å². The minimum absolute atomic E-state index is 0.00971. The molecular weight excluding hydrogens is 444 g/mol. The van der Waals surface area contributed by atoms with Gasteiger partial charge in [-0.1, -0.05) is 36.6 Å². The van der Waals surface area contributed by atoms with Gasteiger partial charge in [-0.25, -0.2) is 4.79 Å². The lowest BCUT2D eigenvalue weighted by molar-refractivity contribution is 0.0935. The Bertz CT molecular complexity index is 1020. The molecule has 5 rings (SSSR count). The minimum Gasteiger partial charge on any atom is -0.346 e. The molecule has 3 amide bonds. The fraction of sp³-hybridized carbons (Fsp3) is 0.500. The molecule has 2 aromatic rings. The third-order valence-electron chi connectivity index (χ3n) is 7.51. The predicted molar refractivity (Wildman–Crippen MR) is 129 cm³/mol. The summed E-state index contributed by atoms with van der Waals surface area (Å²) in [5, 5.41) is 3.12. The number of hydrogen-bond acceptors (Lipinski definition) is 4. The van der Waals surface area contributed by atoms with Gasteiger partial charge in [0.05, 0.1) is 27.8 Å². The Morgan fingerprint density at radius 3 is 2.50 bits per heavy atom. The number of carbonyl (C=O) groups is 2. The van der Waals surface area contributed by atoms with Gasteiger partial charge in [0.15, 0.2) is 0 Å². The van der Waals surface area contributed by atoms with Gasteiger partial charge in [0, 0.05) is 17.8 Å². The number of benzene rings is 1. The molecule has 6 nitrogen and oxygen atoms in total. The lowest BCUT2D eigenvalue weighted by Gasteiger charge is -2.37. The van der Waals surface area contributed by atoms with E-state index in [4.69, 9.17) is 11.6 Å². The monoisotopic (exact) mass is 472 g/mol. The lowest BCUT2D eigenvalue weighted by Crippen LogP contribution is -2.44.